The molecule has 2 heteroatoms. The summed E-state index contributed by atoms with van der Waals surface area (Å²) in [6.45, 7) is 2.80. The molecule has 50 valence electrons. The summed E-state index contributed by atoms with van der Waals surface area (Å²) in [5.41, 5.74) is 0. The summed E-state index contributed by atoms with van der Waals surface area (Å²) in [6, 6.07) is 7.99. The van der Waals surface area contributed by atoms with Gasteiger partial charge in [-0.15, -0.1) is 11.8 Å². The summed E-state index contributed by atoms with van der Waals surface area (Å²) in [5, 5.41) is 0. The zero-order valence-corrected chi connectivity index (χ0v) is 6.15. The molecule has 0 unspecified atom stereocenters. The minimum Gasteiger partial charge on any atom is -0.476 e. The summed E-state index contributed by atoms with van der Waals surface area (Å²) in [6.07, 6.45) is 0. The number of fused-ring (bicyclic) bond motifs is 1. The molecular weight excluding hydrogens is 144 g/mol. The van der Waals surface area contributed by atoms with Crippen LogP contribution < -0.4 is 4.74 Å². The number of hydrogen-bond donors (Lipinski definition) is 0. The molecule has 0 aliphatic carbocycles. The summed E-state index contributed by atoms with van der Waals surface area (Å²) in [4.78, 5) is 1.21. The summed E-state index contributed by atoms with van der Waals surface area (Å²) in [5.74, 6) is 1.76. The lowest BCUT2D eigenvalue weighted by Crippen LogP contribution is -1.99. The molecule has 1 heterocycles. The van der Waals surface area contributed by atoms with Crippen LogP contribution in [0.25, 0.3) is 0 Å². The quantitative estimate of drug-likeness (QED) is 0.560. The van der Waals surface area contributed by atoms with Gasteiger partial charge in [0, 0.05) is 10.6 Å². The number of rotatable bonds is 0. The van der Waals surface area contributed by atoms with E-state index in [1.807, 2.05) is 18.2 Å². The Hall–Kier alpha value is -0.630. The Balaban J connectivity index is 2.41. The van der Waals surface area contributed by atoms with Gasteiger partial charge in [0.25, 0.3) is 0 Å². The van der Waals surface area contributed by atoms with E-state index in [2.05, 4.69) is 12.7 Å². The Bertz CT molecular complexity index is 209. The minimum absolute atomic E-state index is 0.830. The maximum atomic E-state index is 5.15. The molecular formula is C8H6OS. The Morgan fingerprint density at radius 2 is 2.30 bits per heavy atom. The zero-order valence-electron chi connectivity index (χ0n) is 5.33. The lowest BCUT2D eigenvalue weighted by molar-refractivity contribution is 0.403. The Labute approximate surface area is 64.4 Å². The van der Waals surface area contributed by atoms with Crippen molar-refractivity contribution in [3.8, 4) is 5.75 Å². The van der Waals surface area contributed by atoms with E-state index >= 15 is 0 Å². The molecule has 0 aromatic heterocycles. The molecule has 0 fully saturated rings. The van der Waals surface area contributed by atoms with E-state index in [0.717, 1.165) is 11.5 Å². The first kappa shape index (κ1) is 6.10. The second-order valence-corrected chi connectivity index (χ2v) is 3.00. The Morgan fingerprint density at radius 3 is 3.20 bits per heavy atom. The van der Waals surface area contributed by atoms with Crippen LogP contribution in [0.15, 0.2) is 29.2 Å². The fourth-order valence-electron chi connectivity index (χ4n) is 0.868. The van der Waals surface area contributed by atoms with Crippen LogP contribution in [-0.4, -0.2) is 5.75 Å². The predicted molar refractivity (Wildman–Crippen MR) is 41.0 cm³/mol. The zero-order chi connectivity index (χ0) is 6.81. The fourth-order valence-corrected chi connectivity index (χ4v) is 1.57. The van der Waals surface area contributed by atoms with Gasteiger partial charge in [0.2, 0.25) is 6.61 Å². The first-order valence-corrected chi connectivity index (χ1v) is 4.07. The molecule has 10 heavy (non-hydrogen) atoms. The molecule has 1 nitrogen and oxygen atoms in total. The van der Waals surface area contributed by atoms with E-state index in [9.17, 15) is 0 Å². The van der Waals surface area contributed by atoms with Crippen molar-refractivity contribution in [2.24, 2.45) is 0 Å². The smallest absolute Gasteiger partial charge is 0.207 e. The van der Waals surface area contributed by atoms with Crippen LogP contribution in [0.2, 0.25) is 0 Å². The summed E-state index contributed by atoms with van der Waals surface area (Å²) < 4.78 is 5.15. The highest BCUT2D eigenvalue weighted by atomic mass is 32.2. The van der Waals surface area contributed by atoms with Crippen molar-refractivity contribution in [1.82, 2.24) is 0 Å². The topological polar surface area (TPSA) is 9.23 Å². The molecule has 2 rings (SSSR count). The highest BCUT2D eigenvalue weighted by molar-refractivity contribution is 7.99. The van der Waals surface area contributed by atoms with Gasteiger partial charge in [0.05, 0.1) is 0 Å². The average molecular weight is 150 g/mol. The maximum absolute atomic E-state index is 5.15. The number of para-hydroxylation sites is 1. The van der Waals surface area contributed by atoms with Crippen molar-refractivity contribution < 1.29 is 4.74 Å². The van der Waals surface area contributed by atoms with Crippen LogP contribution >= 0.6 is 11.8 Å². The van der Waals surface area contributed by atoms with E-state index in [1.54, 1.807) is 11.8 Å². The first-order valence-electron chi connectivity index (χ1n) is 3.08. The highest BCUT2D eigenvalue weighted by Crippen LogP contribution is 2.33. The third-order valence-corrected chi connectivity index (χ3v) is 2.23. The normalized spacial score (nSPS) is 15.6. The van der Waals surface area contributed by atoms with Crippen molar-refractivity contribution in [3.05, 3.63) is 30.9 Å². The molecule has 0 saturated carbocycles. The van der Waals surface area contributed by atoms with Crippen LogP contribution in [0.4, 0.5) is 0 Å². The van der Waals surface area contributed by atoms with E-state index in [1.165, 1.54) is 4.90 Å². The second kappa shape index (κ2) is 2.54. The summed E-state index contributed by atoms with van der Waals surface area (Å²) in [7, 11) is 0. The highest BCUT2D eigenvalue weighted by Gasteiger charge is 2.09. The van der Waals surface area contributed by atoms with Gasteiger partial charge in [-0.2, -0.15) is 0 Å². The number of thioether (sulfide) groups is 1. The van der Waals surface area contributed by atoms with E-state index in [-0.39, 0.29) is 0 Å². The van der Waals surface area contributed by atoms with E-state index in [0.29, 0.717) is 0 Å². The third kappa shape index (κ3) is 0.991. The van der Waals surface area contributed by atoms with Crippen LogP contribution in [0.5, 0.6) is 5.75 Å². The molecule has 0 amide bonds. The maximum Gasteiger partial charge on any atom is 0.207 e. The Kier molecular flexibility index (Phi) is 1.55. The van der Waals surface area contributed by atoms with E-state index in [4.69, 9.17) is 4.74 Å². The van der Waals surface area contributed by atoms with Crippen molar-refractivity contribution >= 4 is 11.8 Å². The monoisotopic (exact) mass is 150 g/mol. The van der Waals surface area contributed by atoms with Crippen molar-refractivity contribution in [1.29, 1.82) is 0 Å². The second-order valence-electron chi connectivity index (χ2n) is 1.98. The molecule has 1 aromatic carbocycles. The fraction of sp³-hybridized carbons (Fsp3) is 0.125. The molecule has 1 aliphatic heterocycles. The first-order chi connectivity index (χ1) is 4.97. The molecule has 0 spiro atoms. The van der Waals surface area contributed by atoms with E-state index < -0.39 is 0 Å². The molecule has 0 saturated heterocycles. The molecule has 0 N–H and O–H groups in total. The van der Waals surface area contributed by atoms with Gasteiger partial charge < -0.3 is 4.74 Å². The lowest BCUT2D eigenvalue weighted by Gasteiger charge is -2.13. The van der Waals surface area contributed by atoms with Crippen LogP contribution in [0, 0.1) is 6.61 Å². The third-order valence-electron chi connectivity index (χ3n) is 1.32. The molecule has 0 atom stereocenters. The van der Waals surface area contributed by atoms with Crippen molar-refractivity contribution in [2.75, 3.05) is 5.75 Å². The predicted octanol–water partition coefficient (Wildman–Crippen LogP) is 2.21. The van der Waals surface area contributed by atoms with Gasteiger partial charge in [-0.05, 0) is 12.1 Å². The van der Waals surface area contributed by atoms with Gasteiger partial charge in [0.15, 0.2) is 0 Å². The van der Waals surface area contributed by atoms with Crippen LogP contribution in [0.1, 0.15) is 0 Å². The molecule has 1 aliphatic rings. The van der Waals surface area contributed by atoms with Gasteiger partial charge in [0.1, 0.15) is 5.75 Å². The van der Waals surface area contributed by atoms with Crippen LogP contribution in [0.3, 0.4) is 0 Å². The van der Waals surface area contributed by atoms with Gasteiger partial charge in [-0.1, -0.05) is 12.1 Å². The largest absolute Gasteiger partial charge is 0.476 e. The van der Waals surface area contributed by atoms with Crippen molar-refractivity contribution in [3.63, 3.8) is 0 Å². The SMILES string of the molecule is [C]1CSc2ccccc2O1. The number of ether oxygens (including phenoxy) is 1. The standard InChI is InChI=1S/C8H6OS/c1-2-4-8-7(3-1)9-5-6-10-8/h1-4H,6H2. The molecule has 0 bridgehead atoms. The average Bonchev–Trinajstić information content (AvgIpc) is 2.05. The lowest BCUT2D eigenvalue weighted by atomic mass is 10.3. The number of hydrogen-bond acceptors (Lipinski definition) is 2. The minimum atomic E-state index is 0.830. The molecule has 2 radical (unpaired) electrons. The number of benzene rings is 1. The van der Waals surface area contributed by atoms with Gasteiger partial charge >= 0.3 is 0 Å². The Morgan fingerprint density at radius 1 is 1.40 bits per heavy atom. The summed E-state index contributed by atoms with van der Waals surface area (Å²) >= 11 is 1.75. The van der Waals surface area contributed by atoms with Gasteiger partial charge in [-0.3, -0.25) is 0 Å². The van der Waals surface area contributed by atoms with Crippen molar-refractivity contribution in [2.45, 2.75) is 4.90 Å². The van der Waals surface area contributed by atoms with Gasteiger partial charge in [-0.25, -0.2) is 0 Å². The van der Waals surface area contributed by atoms with Crippen LogP contribution in [-0.2, 0) is 0 Å². The molecule has 1 aromatic rings.